The lowest BCUT2D eigenvalue weighted by Crippen LogP contribution is -2.22. The predicted molar refractivity (Wildman–Crippen MR) is 86.6 cm³/mol. The molecule has 0 atom stereocenters. The zero-order valence-electron chi connectivity index (χ0n) is 12.4. The van der Waals surface area contributed by atoms with Crippen molar-refractivity contribution < 1.29 is 0 Å². The summed E-state index contributed by atoms with van der Waals surface area (Å²) in [7, 11) is 0. The van der Waals surface area contributed by atoms with Crippen LogP contribution >= 0.6 is 11.3 Å². The fourth-order valence-corrected chi connectivity index (χ4v) is 3.67. The summed E-state index contributed by atoms with van der Waals surface area (Å²) in [6.07, 6.45) is 5.29. The summed E-state index contributed by atoms with van der Waals surface area (Å²) in [4.78, 5) is 2.47. The van der Waals surface area contributed by atoms with Gasteiger partial charge in [0.2, 0.25) is 0 Å². The molecule has 0 saturated heterocycles. The molecular formula is C16H19N5S. The molecular weight excluding hydrogens is 294 g/mol. The van der Waals surface area contributed by atoms with Crippen LogP contribution in [0, 0.1) is 0 Å². The van der Waals surface area contributed by atoms with E-state index in [4.69, 9.17) is 0 Å². The van der Waals surface area contributed by atoms with Crippen molar-refractivity contribution in [2.75, 3.05) is 6.54 Å². The molecule has 0 amide bonds. The maximum atomic E-state index is 4.44. The quantitative estimate of drug-likeness (QED) is 0.743. The fourth-order valence-electron chi connectivity index (χ4n) is 3.01. The summed E-state index contributed by atoms with van der Waals surface area (Å²) < 4.78 is 4.44. The Kier molecular flexibility index (Phi) is 3.78. The Morgan fingerprint density at radius 1 is 1.09 bits per heavy atom. The molecule has 0 fully saturated rings. The van der Waals surface area contributed by atoms with Gasteiger partial charge in [0.1, 0.15) is 5.82 Å². The monoisotopic (exact) mass is 313 g/mol. The van der Waals surface area contributed by atoms with Crippen molar-refractivity contribution >= 4 is 11.3 Å². The van der Waals surface area contributed by atoms with Crippen LogP contribution in [0.15, 0.2) is 41.4 Å². The van der Waals surface area contributed by atoms with Gasteiger partial charge < -0.3 is 9.13 Å². The first-order valence-corrected chi connectivity index (χ1v) is 8.58. The lowest BCUT2D eigenvalue weighted by Gasteiger charge is -2.17. The third kappa shape index (κ3) is 2.84. The average Bonchev–Trinajstić information content (AvgIpc) is 3.23. The van der Waals surface area contributed by atoms with Gasteiger partial charge in [-0.25, -0.2) is 0 Å². The SMILES string of the molecule is c1ccn(Cc2nnc3n2CCCN(Cc2ccsc2)C3)c1. The third-order valence-corrected chi connectivity index (χ3v) is 4.83. The van der Waals surface area contributed by atoms with E-state index in [-0.39, 0.29) is 0 Å². The van der Waals surface area contributed by atoms with Crippen molar-refractivity contribution in [1.29, 1.82) is 0 Å². The normalized spacial score (nSPS) is 15.6. The van der Waals surface area contributed by atoms with E-state index >= 15 is 0 Å². The second-order valence-electron chi connectivity index (χ2n) is 5.74. The van der Waals surface area contributed by atoms with Crippen LogP contribution in [0.3, 0.4) is 0 Å². The Labute approximate surface area is 133 Å². The maximum absolute atomic E-state index is 4.44. The van der Waals surface area contributed by atoms with Crippen LogP contribution in [0.5, 0.6) is 0 Å². The molecule has 0 radical (unpaired) electrons. The van der Waals surface area contributed by atoms with Crippen LogP contribution in [0.2, 0.25) is 0 Å². The van der Waals surface area contributed by atoms with E-state index in [0.717, 1.165) is 50.8 Å². The minimum Gasteiger partial charge on any atom is -0.347 e. The second kappa shape index (κ2) is 6.06. The summed E-state index contributed by atoms with van der Waals surface area (Å²) in [6, 6.07) is 6.29. The Bertz CT molecular complexity index is 714. The van der Waals surface area contributed by atoms with Crippen molar-refractivity contribution in [2.24, 2.45) is 0 Å². The number of aromatic nitrogens is 4. The minimum atomic E-state index is 0.796. The maximum Gasteiger partial charge on any atom is 0.153 e. The largest absolute Gasteiger partial charge is 0.347 e. The summed E-state index contributed by atoms with van der Waals surface area (Å²) in [5, 5.41) is 13.2. The number of hydrogen-bond acceptors (Lipinski definition) is 4. The van der Waals surface area contributed by atoms with Crippen LogP contribution in [0.25, 0.3) is 0 Å². The molecule has 1 aliphatic heterocycles. The number of fused-ring (bicyclic) bond motifs is 1. The summed E-state index contributed by atoms with van der Waals surface area (Å²) in [6.45, 7) is 4.81. The number of rotatable bonds is 4. The molecule has 0 N–H and O–H groups in total. The molecule has 4 heterocycles. The Morgan fingerprint density at radius 2 is 2.00 bits per heavy atom. The Hall–Kier alpha value is -1.92. The van der Waals surface area contributed by atoms with Gasteiger partial charge in [0.15, 0.2) is 5.82 Å². The van der Waals surface area contributed by atoms with Gasteiger partial charge in [-0.05, 0) is 40.9 Å². The van der Waals surface area contributed by atoms with E-state index in [1.807, 2.05) is 12.1 Å². The molecule has 114 valence electrons. The van der Waals surface area contributed by atoms with Gasteiger partial charge >= 0.3 is 0 Å². The first-order chi connectivity index (χ1) is 10.9. The van der Waals surface area contributed by atoms with Crippen LogP contribution < -0.4 is 0 Å². The van der Waals surface area contributed by atoms with Gasteiger partial charge in [0.25, 0.3) is 0 Å². The Morgan fingerprint density at radius 3 is 2.82 bits per heavy atom. The van der Waals surface area contributed by atoms with Crippen molar-refractivity contribution in [3.8, 4) is 0 Å². The van der Waals surface area contributed by atoms with Crippen LogP contribution in [-0.2, 0) is 26.2 Å². The van der Waals surface area contributed by atoms with E-state index in [9.17, 15) is 0 Å². The molecule has 4 rings (SSSR count). The molecule has 1 aliphatic rings. The van der Waals surface area contributed by atoms with Crippen molar-refractivity contribution in [1.82, 2.24) is 24.2 Å². The Balaban J connectivity index is 1.51. The molecule has 22 heavy (non-hydrogen) atoms. The van der Waals surface area contributed by atoms with E-state index in [1.54, 1.807) is 11.3 Å². The molecule has 0 unspecified atom stereocenters. The van der Waals surface area contributed by atoms with E-state index in [0.29, 0.717) is 0 Å². The standard InChI is InChI=1S/C16H19N5S/c1-2-6-19(5-1)11-15-17-18-16-12-20(7-3-8-21(15)16)10-14-4-9-22-13-14/h1-2,4-6,9,13H,3,7-8,10-12H2. The highest BCUT2D eigenvalue weighted by Crippen LogP contribution is 2.17. The molecule has 0 spiro atoms. The minimum absolute atomic E-state index is 0.796. The van der Waals surface area contributed by atoms with Crippen molar-refractivity contribution in [2.45, 2.75) is 32.6 Å². The van der Waals surface area contributed by atoms with E-state index < -0.39 is 0 Å². The summed E-state index contributed by atoms with van der Waals surface area (Å²) >= 11 is 1.76. The number of thiophene rings is 1. The average molecular weight is 313 g/mol. The van der Waals surface area contributed by atoms with E-state index in [2.05, 4.69) is 53.5 Å². The summed E-state index contributed by atoms with van der Waals surface area (Å²) in [5.74, 6) is 2.15. The highest BCUT2D eigenvalue weighted by molar-refractivity contribution is 7.07. The molecule has 0 bridgehead atoms. The van der Waals surface area contributed by atoms with Crippen LogP contribution in [-0.4, -0.2) is 30.8 Å². The molecule has 3 aromatic rings. The van der Waals surface area contributed by atoms with Gasteiger partial charge in [-0.1, -0.05) is 0 Å². The van der Waals surface area contributed by atoms with Crippen LogP contribution in [0.4, 0.5) is 0 Å². The van der Waals surface area contributed by atoms with Crippen molar-refractivity contribution in [3.63, 3.8) is 0 Å². The zero-order chi connectivity index (χ0) is 14.8. The molecule has 0 saturated carbocycles. The molecule has 6 heteroatoms. The van der Waals surface area contributed by atoms with Gasteiger partial charge in [-0.2, -0.15) is 11.3 Å². The van der Waals surface area contributed by atoms with Gasteiger partial charge in [0.05, 0.1) is 13.1 Å². The molecule has 0 aromatic carbocycles. The number of hydrogen-bond donors (Lipinski definition) is 0. The highest BCUT2D eigenvalue weighted by atomic mass is 32.1. The predicted octanol–water partition coefficient (Wildman–Crippen LogP) is 2.60. The van der Waals surface area contributed by atoms with Crippen molar-refractivity contribution in [3.05, 3.63) is 58.6 Å². The van der Waals surface area contributed by atoms with E-state index in [1.165, 1.54) is 5.56 Å². The fraction of sp³-hybridized carbons (Fsp3) is 0.375. The smallest absolute Gasteiger partial charge is 0.153 e. The molecule has 3 aromatic heterocycles. The summed E-state index contributed by atoms with van der Waals surface area (Å²) in [5.41, 5.74) is 1.39. The van der Waals surface area contributed by atoms with Gasteiger partial charge in [0, 0.05) is 32.0 Å². The lowest BCUT2D eigenvalue weighted by atomic mass is 10.3. The first kappa shape index (κ1) is 13.7. The molecule has 0 aliphatic carbocycles. The molecule has 5 nitrogen and oxygen atoms in total. The second-order valence-corrected chi connectivity index (χ2v) is 6.52. The topological polar surface area (TPSA) is 38.9 Å². The lowest BCUT2D eigenvalue weighted by molar-refractivity contribution is 0.258. The van der Waals surface area contributed by atoms with Gasteiger partial charge in [-0.15, -0.1) is 10.2 Å². The number of nitrogens with zero attached hydrogens (tertiary/aromatic N) is 5. The highest BCUT2D eigenvalue weighted by Gasteiger charge is 2.19. The van der Waals surface area contributed by atoms with Crippen LogP contribution in [0.1, 0.15) is 23.6 Å². The van der Waals surface area contributed by atoms with Gasteiger partial charge in [-0.3, -0.25) is 4.90 Å². The third-order valence-electron chi connectivity index (χ3n) is 4.10. The zero-order valence-corrected chi connectivity index (χ0v) is 13.2. The first-order valence-electron chi connectivity index (χ1n) is 7.63.